The quantitative estimate of drug-likeness (QED) is 0.342. The number of ether oxygens (including phenoxy) is 2. The SMILES string of the molecule is Cc1cc(OCC(=O)NC23CC(NC(=O)C4CN(C(=O)c5cccc(C(F)(F)F)c5)c5cc(Cl)ccc5O4)(C2)C3)ccc1Cl. The fourth-order valence-corrected chi connectivity index (χ4v) is 6.44. The first kappa shape index (κ1) is 30.1. The molecular formula is C31H26Cl2F3N3O5. The molecule has 2 N–H and O–H groups in total. The predicted molar refractivity (Wildman–Crippen MR) is 156 cm³/mol. The summed E-state index contributed by atoms with van der Waals surface area (Å²) in [5.41, 5.74) is -1.05. The van der Waals surface area contributed by atoms with Crippen LogP contribution in [0.5, 0.6) is 11.5 Å². The Bertz CT molecular complexity index is 1660. The highest BCUT2D eigenvalue weighted by Gasteiger charge is 2.69. The number of nitrogens with zero attached hydrogens (tertiary/aromatic N) is 1. The number of rotatable bonds is 7. The van der Waals surface area contributed by atoms with Crippen molar-refractivity contribution in [3.63, 3.8) is 0 Å². The maximum Gasteiger partial charge on any atom is 0.416 e. The van der Waals surface area contributed by atoms with Gasteiger partial charge in [0.15, 0.2) is 12.7 Å². The van der Waals surface area contributed by atoms with Crippen LogP contribution in [-0.4, -0.2) is 48.1 Å². The van der Waals surface area contributed by atoms with E-state index in [9.17, 15) is 27.6 Å². The van der Waals surface area contributed by atoms with Crippen LogP contribution < -0.4 is 25.0 Å². The molecule has 0 saturated heterocycles. The van der Waals surface area contributed by atoms with E-state index in [4.69, 9.17) is 32.7 Å². The number of amides is 3. The van der Waals surface area contributed by atoms with Gasteiger partial charge in [0.25, 0.3) is 17.7 Å². The third kappa shape index (κ3) is 5.78. The summed E-state index contributed by atoms with van der Waals surface area (Å²) in [6.07, 6.45) is -4.21. The zero-order valence-electron chi connectivity index (χ0n) is 23.3. The fourth-order valence-electron chi connectivity index (χ4n) is 6.15. The van der Waals surface area contributed by atoms with Crippen molar-refractivity contribution in [3.05, 3.63) is 87.4 Å². The van der Waals surface area contributed by atoms with Crippen LogP contribution in [0.15, 0.2) is 60.7 Å². The van der Waals surface area contributed by atoms with Crippen LogP contribution in [0.3, 0.4) is 0 Å². The number of carbonyl (C=O) groups is 3. The number of benzene rings is 3. The lowest BCUT2D eigenvalue weighted by Gasteiger charge is -2.70. The molecule has 3 aromatic rings. The Balaban J connectivity index is 1.08. The molecule has 3 fully saturated rings. The van der Waals surface area contributed by atoms with Crippen LogP contribution in [0.25, 0.3) is 0 Å². The van der Waals surface area contributed by atoms with Crippen molar-refractivity contribution in [2.45, 2.75) is 49.5 Å². The standard InChI is InChI=1S/C31H26Cl2F3N3O5/c1-17-9-21(6-7-22(17)33)43-13-26(40)37-29-14-30(15-29,16-29)38-27(41)25-12-39(23-11-20(32)5-8-24(23)44-25)28(42)18-3-2-4-19(10-18)31(34,35)36/h2-11,25H,12-16H2,1H3,(H,37,40)(H,38,41). The highest BCUT2D eigenvalue weighted by Crippen LogP contribution is 2.60. The van der Waals surface area contributed by atoms with Gasteiger partial charge in [0, 0.05) is 26.7 Å². The lowest BCUT2D eigenvalue weighted by Crippen LogP contribution is -2.84. The van der Waals surface area contributed by atoms with Crippen molar-refractivity contribution in [2.75, 3.05) is 18.1 Å². The Morgan fingerprint density at radius 1 is 1.00 bits per heavy atom. The van der Waals surface area contributed by atoms with E-state index in [-0.39, 0.29) is 41.1 Å². The molecule has 44 heavy (non-hydrogen) atoms. The summed E-state index contributed by atoms with van der Waals surface area (Å²) < 4.78 is 51.4. The first-order valence-electron chi connectivity index (χ1n) is 13.7. The molecule has 3 saturated carbocycles. The van der Waals surface area contributed by atoms with E-state index in [1.165, 1.54) is 29.2 Å². The number of alkyl halides is 3. The van der Waals surface area contributed by atoms with Gasteiger partial charge < -0.3 is 25.0 Å². The monoisotopic (exact) mass is 647 g/mol. The Kier molecular flexibility index (Phi) is 7.44. The Morgan fingerprint density at radius 2 is 1.73 bits per heavy atom. The van der Waals surface area contributed by atoms with Gasteiger partial charge in [-0.2, -0.15) is 13.2 Å². The van der Waals surface area contributed by atoms with Crippen LogP contribution in [0.2, 0.25) is 10.0 Å². The average Bonchev–Trinajstić information content (AvgIpc) is 2.94. The van der Waals surface area contributed by atoms with Crippen LogP contribution in [0.4, 0.5) is 18.9 Å². The average molecular weight is 648 g/mol. The van der Waals surface area contributed by atoms with Gasteiger partial charge in [-0.1, -0.05) is 29.3 Å². The number of anilines is 1. The summed E-state index contributed by atoms with van der Waals surface area (Å²) in [6.45, 7) is 1.42. The topological polar surface area (TPSA) is 97.0 Å². The normalized spacial score (nSPS) is 23.3. The molecule has 1 unspecified atom stereocenters. The Labute approximate surface area is 260 Å². The molecule has 1 aliphatic heterocycles. The minimum atomic E-state index is -4.63. The van der Waals surface area contributed by atoms with Crippen molar-refractivity contribution < 1.29 is 37.0 Å². The summed E-state index contributed by atoms with van der Waals surface area (Å²) in [6, 6.07) is 13.7. The molecule has 3 aromatic carbocycles. The maximum atomic E-state index is 13.5. The molecule has 0 spiro atoms. The summed E-state index contributed by atoms with van der Waals surface area (Å²) >= 11 is 12.2. The molecule has 1 heterocycles. The second-order valence-electron chi connectivity index (χ2n) is 11.5. The number of nitrogens with one attached hydrogen (secondary N) is 2. The molecule has 230 valence electrons. The van der Waals surface area contributed by atoms with E-state index in [0.717, 1.165) is 23.8 Å². The van der Waals surface area contributed by atoms with Crippen molar-refractivity contribution in [3.8, 4) is 11.5 Å². The smallest absolute Gasteiger partial charge is 0.416 e. The molecule has 2 bridgehead atoms. The molecule has 0 aromatic heterocycles. The van der Waals surface area contributed by atoms with E-state index >= 15 is 0 Å². The van der Waals surface area contributed by atoms with Crippen molar-refractivity contribution in [2.24, 2.45) is 0 Å². The van der Waals surface area contributed by atoms with E-state index in [2.05, 4.69) is 10.6 Å². The minimum absolute atomic E-state index is 0.169. The first-order chi connectivity index (χ1) is 20.7. The van der Waals surface area contributed by atoms with E-state index in [0.29, 0.717) is 30.0 Å². The van der Waals surface area contributed by atoms with Crippen LogP contribution >= 0.6 is 23.2 Å². The molecule has 0 radical (unpaired) electrons. The fraction of sp³-hybridized carbons (Fsp3) is 0.323. The third-order valence-corrected chi connectivity index (χ3v) is 8.79. The highest BCUT2D eigenvalue weighted by molar-refractivity contribution is 6.31. The van der Waals surface area contributed by atoms with Gasteiger partial charge in [-0.15, -0.1) is 0 Å². The molecule has 4 aliphatic rings. The van der Waals surface area contributed by atoms with Gasteiger partial charge >= 0.3 is 6.18 Å². The lowest BCUT2D eigenvalue weighted by molar-refractivity contribution is -0.153. The van der Waals surface area contributed by atoms with E-state index in [1.807, 2.05) is 6.92 Å². The zero-order valence-corrected chi connectivity index (χ0v) is 24.8. The van der Waals surface area contributed by atoms with Gasteiger partial charge in [0.05, 0.1) is 17.8 Å². The molecular weight excluding hydrogens is 622 g/mol. The number of hydrogen-bond acceptors (Lipinski definition) is 5. The van der Waals surface area contributed by atoms with Crippen LogP contribution in [0, 0.1) is 6.92 Å². The van der Waals surface area contributed by atoms with Crippen molar-refractivity contribution in [1.29, 1.82) is 0 Å². The van der Waals surface area contributed by atoms with Crippen molar-refractivity contribution >= 4 is 46.6 Å². The maximum absolute atomic E-state index is 13.5. The number of aryl methyl sites for hydroxylation is 1. The number of carbonyl (C=O) groups excluding carboxylic acids is 3. The Morgan fingerprint density at radius 3 is 2.43 bits per heavy atom. The zero-order chi connectivity index (χ0) is 31.4. The molecule has 13 heteroatoms. The van der Waals surface area contributed by atoms with Gasteiger partial charge in [-0.25, -0.2) is 0 Å². The summed E-state index contributed by atoms with van der Waals surface area (Å²) in [4.78, 5) is 40.6. The van der Waals surface area contributed by atoms with E-state index < -0.39 is 40.7 Å². The molecule has 3 amide bonds. The number of hydrogen-bond donors (Lipinski definition) is 2. The van der Waals surface area contributed by atoms with Crippen LogP contribution in [-0.2, 0) is 15.8 Å². The van der Waals surface area contributed by atoms with Crippen LogP contribution in [0.1, 0.15) is 40.7 Å². The second-order valence-corrected chi connectivity index (χ2v) is 12.4. The minimum Gasteiger partial charge on any atom is -0.484 e. The molecule has 7 rings (SSSR count). The predicted octanol–water partition coefficient (Wildman–Crippen LogP) is 5.71. The summed E-state index contributed by atoms with van der Waals surface area (Å²) in [5, 5.41) is 6.87. The summed E-state index contributed by atoms with van der Waals surface area (Å²) in [5.74, 6) is -0.775. The molecule has 1 atom stereocenters. The lowest BCUT2D eigenvalue weighted by atomic mass is 9.44. The largest absolute Gasteiger partial charge is 0.484 e. The summed E-state index contributed by atoms with van der Waals surface area (Å²) in [7, 11) is 0. The van der Waals surface area contributed by atoms with Gasteiger partial charge in [-0.05, 0) is 86.3 Å². The van der Waals surface area contributed by atoms with Crippen molar-refractivity contribution in [1.82, 2.24) is 10.6 Å². The Hall–Kier alpha value is -3.96. The number of halogens is 5. The molecule has 8 nitrogen and oxygen atoms in total. The van der Waals surface area contributed by atoms with Gasteiger partial charge in [0.1, 0.15) is 11.5 Å². The van der Waals surface area contributed by atoms with Gasteiger partial charge in [0.2, 0.25) is 0 Å². The van der Waals surface area contributed by atoms with Gasteiger partial charge in [-0.3, -0.25) is 14.4 Å². The number of fused-ring (bicyclic) bond motifs is 1. The highest BCUT2D eigenvalue weighted by atomic mass is 35.5. The molecule has 3 aliphatic carbocycles. The second kappa shape index (κ2) is 10.9. The third-order valence-electron chi connectivity index (χ3n) is 8.13. The first-order valence-corrected chi connectivity index (χ1v) is 14.5. The van der Waals surface area contributed by atoms with E-state index in [1.54, 1.807) is 18.2 Å².